The van der Waals surface area contributed by atoms with Gasteiger partial charge in [0.1, 0.15) is 5.75 Å². The topological polar surface area (TPSA) is 279 Å². The minimum Gasteiger partial charge on any atom is -0.406 e. The van der Waals surface area contributed by atoms with Gasteiger partial charge in [0, 0.05) is 36.7 Å². The molecule has 0 aliphatic rings. The van der Waals surface area contributed by atoms with Crippen molar-refractivity contribution >= 4 is 52.8 Å². The van der Waals surface area contributed by atoms with Crippen molar-refractivity contribution in [2.45, 2.75) is 20.2 Å². The van der Waals surface area contributed by atoms with Crippen LogP contribution in [0.3, 0.4) is 0 Å². The van der Waals surface area contributed by atoms with Crippen molar-refractivity contribution in [3.8, 4) is 5.75 Å². The summed E-state index contributed by atoms with van der Waals surface area (Å²) in [6.07, 6.45) is -4.80. The van der Waals surface area contributed by atoms with Gasteiger partial charge in [0.2, 0.25) is 35.8 Å². The lowest BCUT2D eigenvalue weighted by Gasteiger charge is -2.19. The Bertz CT molecular complexity index is 1700. The maximum atomic E-state index is 12.4. The second-order valence-electron chi connectivity index (χ2n) is 11.2. The highest BCUT2D eigenvalue weighted by Crippen LogP contribution is 2.23. The van der Waals surface area contributed by atoms with Crippen LogP contribution in [-0.4, -0.2) is 86.3 Å². The molecule has 20 heteroatoms. The van der Waals surface area contributed by atoms with Gasteiger partial charge in [-0.2, -0.15) is 15.0 Å². The first-order chi connectivity index (χ1) is 25.1. The third-order valence-corrected chi connectivity index (χ3v) is 6.78. The number of benzene rings is 3. The van der Waals surface area contributed by atoms with Crippen LogP contribution in [0.25, 0.3) is 0 Å². The lowest BCUT2D eigenvalue weighted by molar-refractivity contribution is -0.274. The summed E-state index contributed by atoms with van der Waals surface area (Å²) in [7, 11) is 0. The molecule has 0 unspecified atom stereocenters. The lowest BCUT2D eigenvalue weighted by Crippen LogP contribution is -2.33. The first-order valence-electron chi connectivity index (χ1n) is 16.1. The highest BCUT2D eigenvalue weighted by molar-refractivity contribution is 6.02. The molecule has 0 radical (unpaired) electrons. The van der Waals surface area contributed by atoms with Crippen molar-refractivity contribution in [2.75, 3.05) is 55.2 Å². The fraction of sp³-hybridized carbons (Fsp3) is 0.273. The standard InChI is InChI=1S/C33H45F3N16O/c1-21-3-7-23(8-4-21)46-30(40)49-27(37)43-15-18-52(19-16-44-28(38)50-31(41)47-24-9-5-22(2)6-10-24)20-17-45-29(39)51-32(42)48-25-11-13-26(14-12-25)53-33(34,35)36/h3-14H,15-20H2,1-2H3,(H5,37,40,43,46,49)(H5,38,41,44,47,50)(H5,39,42,45,48,51). The van der Waals surface area contributed by atoms with Gasteiger partial charge >= 0.3 is 6.36 Å². The van der Waals surface area contributed by atoms with Gasteiger partial charge in [-0.3, -0.25) is 19.9 Å². The molecule has 0 bridgehead atoms. The number of hydrogen-bond donors (Lipinski definition) is 9. The zero-order valence-corrected chi connectivity index (χ0v) is 29.3. The van der Waals surface area contributed by atoms with Gasteiger partial charge in [0.25, 0.3) is 0 Å². The highest BCUT2D eigenvalue weighted by Gasteiger charge is 2.31. The van der Waals surface area contributed by atoms with E-state index in [-0.39, 0.29) is 61.1 Å². The number of rotatable bonds is 13. The normalized spacial score (nSPS) is 13.6. The fourth-order valence-corrected chi connectivity index (χ4v) is 4.27. The number of nitrogens with one attached hydrogen (secondary N) is 3. The van der Waals surface area contributed by atoms with Gasteiger partial charge in [-0.05, 0) is 62.4 Å². The zero-order chi connectivity index (χ0) is 38.8. The second-order valence-corrected chi connectivity index (χ2v) is 11.2. The number of ether oxygens (including phenoxy) is 1. The molecule has 0 aliphatic carbocycles. The number of aryl methyl sites for hydroxylation is 2. The third kappa shape index (κ3) is 17.3. The van der Waals surface area contributed by atoms with Crippen LogP contribution in [0, 0.1) is 13.8 Å². The number of guanidine groups is 6. The van der Waals surface area contributed by atoms with E-state index in [4.69, 9.17) is 34.4 Å². The molecule has 53 heavy (non-hydrogen) atoms. The van der Waals surface area contributed by atoms with Crippen LogP contribution in [0.2, 0.25) is 0 Å². The van der Waals surface area contributed by atoms with E-state index in [2.05, 4.69) is 50.6 Å². The summed E-state index contributed by atoms with van der Waals surface area (Å²) < 4.78 is 41.1. The van der Waals surface area contributed by atoms with Crippen LogP contribution in [0.1, 0.15) is 11.1 Å². The Balaban J connectivity index is 1.60. The van der Waals surface area contributed by atoms with Gasteiger partial charge in [-0.15, -0.1) is 13.2 Å². The molecule has 0 heterocycles. The van der Waals surface area contributed by atoms with Gasteiger partial charge < -0.3 is 55.1 Å². The quantitative estimate of drug-likeness (QED) is 0.0904. The molecule has 0 saturated carbocycles. The van der Waals surface area contributed by atoms with Crippen LogP contribution in [0.15, 0.2) is 103 Å². The fourth-order valence-electron chi connectivity index (χ4n) is 4.27. The molecule has 0 spiro atoms. The van der Waals surface area contributed by atoms with Crippen LogP contribution in [0.4, 0.5) is 30.2 Å². The number of alkyl halides is 3. The van der Waals surface area contributed by atoms with Crippen molar-refractivity contribution < 1.29 is 17.9 Å². The van der Waals surface area contributed by atoms with E-state index in [0.29, 0.717) is 25.3 Å². The van der Waals surface area contributed by atoms with Crippen molar-refractivity contribution in [1.29, 1.82) is 0 Å². The Morgan fingerprint density at radius 3 is 1.15 bits per heavy atom. The Labute approximate surface area is 304 Å². The maximum absolute atomic E-state index is 12.4. The average molecular weight is 739 g/mol. The number of hydrogen-bond acceptors (Lipinski definition) is 5. The maximum Gasteiger partial charge on any atom is 0.573 e. The Morgan fingerprint density at radius 1 is 0.547 bits per heavy atom. The van der Waals surface area contributed by atoms with E-state index >= 15 is 0 Å². The minimum absolute atomic E-state index is 0.0164. The molecule has 0 aromatic heterocycles. The predicted molar refractivity (Wildman–Crippen MR) is 207 cm³/mol. The largest absolute Gasteiger partial charge is 0.573 e. The van der Waals surface area contributed by atoms with E-state index < -0.39 is 6.36 Å². The molecule has 284 valence electrons. The molecule has 0 saturated heterocycles. The predicted octanol–water partition coefficient (Wildman–Crippen LogP) is 2.03. The van der Waals surface area contributed by atoms with E-state index in [0.717, 1.165) is 34.6 Å². The molecule has 0 fully saturated rings. The van der Waals surface area contributed by atoms with Crippen molar-refractivity contribution in [1.82, 2.24) is 4.90 Å². The Morgan fingerprint density at radius 2 is 0.849 bits per heavy atom. The smallest absolute Gasteiger partial charge is 0.406 e. The molecular weight excluding hydrogens is 693 g/mol. The summed E-state index contributed by atoms with van der Waals surface area (Å²) in [6.45, 7) is 5.93. The summed E-state index contributed by atoms with van der Waals surface area (Å²) in [4.78, 5) is 27.0. The number of nitrogens with zero attached hydrogens (tertiary/aromatic N) is 7. The average Bonchev–Trinajstić information content (AvgIpc) is 3.06. The SMILES string of the molecule is Cc1ccc(NC(N)=NC(N)=NCCN(CCN=C(N)N=C(N)Nc2ccc(C)cc2)CCN=C(N)N=C(N)Nc2ccc(OC(F)(F)F)cc2)cc1. The van der Waals surface area contributed by atoms with Gasteiger partial charge in [-0.25, -0.2) is 0 Å². The number of nitrogens with two attached hydrogens (primary N) is 6. The third-order valence-electron chi connectivity index (χ3n) is 6.78. The molecule has 3 rings (SSSR count). The van der Waals surface area contributed by atoms with Crippen LogP contribution >= 0.6 is 0 Å². The van der Waals surface area contributed by atoms with E-state index in [9.17, 15) is 13.2 Å². The number of anilines is 3. The zero-order valence-electron chi connectivity index (χ0n) is 29.3. The first-order valence-corrected chi connectivity index (χ1v) is 16.1. The molecule has 0 amide bonds. The molecule has 15 N–H and O–H groups in total. The van der Waals surface area contributed by atoms with Crippen LogP contribution in [-0.2, 0) is 0 Å². The number of aliphatic imine (C=N–C) groups is 6. The summed E-state index contributed by atoms with van der Waals surface area (Å²) in [5, 5.41) is 8.62. The Hall–Kier alpha value is -6.57. The summed E-state index contributed by atoms with van der Waals surface area (Å²) in [5.41, 5.74) is 39.8. The van der Waals surface area contributed by atoms with Gasteiger partial charge in [0.15, 0.2) is 0 Å². The van der Waals surface area contributed by atoms with Crippen molar-refractivity contribution in [2.24, 2.45) is 64.4 Å². The molecule has 3 aromatic carbocycles. The van der Waals surface area contributed by atoms with Crippen molar-refractivity contribution in [3.05, 3.63) is 83.9 Å². The number of halogens is 3. The Kier molecular flexibility index (Phi) is 15.7. The molecule has 17 nitrogen and oxygen atoms in total. The van der Waals surface area contributed by atoms with Gasteiger partial charge in [-0.1, -0.05) is 35.4 Å². The van der Waals surface area contributed by atoms with Crippen molar-refractivity contribution in [3.63, 3.8) is 0 Å². The van der Waals surface area contributed by atoms with E-state index in [1.54, 1.807) is 0 Å². The molecule has 3 aromatic rings. The molecular formula is C33H45F3N16O. The lowest BCUT2D eigenvalue weighted by atomic mass is 10.2. The van der Waals surface area contributed by atoms with Crippen LogP contribution in [0.5, 0.6) is 5.75 Å². The molecule has 0 aliphatic heterocycles. The van der Waals surface area contributed by atoms with Gasteiger partial charge in [0.05, 0.1) is 19.6 Å². The minimum atomic E-state index is -4.80. The first kappa shape index (κ1) is 40.9. The summed E-state index contributed by atoms with van der Waals surface area (Å²) in [6, 6.07) is 20.1. The monoisotopic (exact) mass is 738 g/mol. The van der Waals surface area contributed by atoms with Crippen LogP contribution < -0.4 is 55.1 Å². The van der Waals surface area contributed by atoms with E-state index in [1.807, 2.05) is 67.3 Å². The highest BCUT2D eigenvalue weighted by atomic mass is 19.4. The summed E-state index contributed by atoms with van der Waals surface area (Å²) >= 11 is 0. The summed E-state index contributed by atoms with van der Waals surface area (Å²) in [5.74, 6) is -0.511. The molecule has 0 atom stereocenters. The van der Waals surface area contributed by atoms with E-state index in [1.165, 1.54) is 12.1 Å². The second kappa shape index (κ2) is 20.3.